The minimum atomic E-state index is -0.955. The van der Waals surface area contributed by atoms with Crippen molar-refractivity contribution in [2.75, 3.05) is 6.54 Å². The Morgan fingerprint density at radius 1 is 1.38 bits per heavy atom. The van der Waals surface area contributed by atoms with Crippen LogP contribution in [0.5, 0.6) is 0 Å². The van der Waals surface area contributed by atoms with E-state index in [9.17, 15) is 14.7 Å². The second-order valence-corrected chi connectivity index (χ2v) is 6.03. The smallest absolute Gasteiger partial charge is 0.326 e. The van der Waals surface area contributed by atoms with Gasteiger partial charge in [-0.05, 0) is 37.5 Å². The molecule has 1 aromatic carbocycles. The first kappa shape index (κ1) is 14.1. The van der Waals surface area contributed by atoms with Gasteiger partial charge < -0.3 is 10.0 Å². The Hall–Kier alpha value is -1.89. The first-order chi connectivity index (χ1) is 10.1. The van der Waals surface area contributed by atoms with E-state index in [2.05, 4.69) is 26.1 Å². The fourth-order valence-corrected chi connectivity index (χ4v) is 3.08. The molecule has 0 aliphatic carbocycles. The largest absolute Gasteiger partial charge is 0.480 e. The summed E-state index contributed by atoms with van der Waals surface area (Å²) in [6.07, 6.45) is 2.14. The molecule has 1 unspecified atom stereocenters. The van der Waals surface area contributed by atoms with Crippen LogP contribution >= 0.6 is 15.9 Å². The number of carbonyl (C=O) groups excluding carboxylic acids is 1. The number of benzene rings is 1. The molecule has 0 saturated carbocycles. The van der Waals surface area contributed by atoms with E-state index in [0.717, 1.165) is 22.8 Å². The summed E-state index contributed by atoms with van der Waals surface area (Å²) in [6.45, 7) is 0.457. The quantitative estimate of drug-likeness (QED) is 0.869. The molecule has 2 heterocycles. The highest BCUT2D eigenvalue weighted by atomic mass is 79.9. The molecule has 1 saturated heterocycles. The summed E-state index contributed by atoms with van der Waals surface area (Å²) in [6, 6.07) is 4.74. The van der Waals surface area contributed by atoms with Gasteiger partial charge in [-0.1, -0.05) is 15.9 Å². The van der Waals surface area contributed by atoms with E-state index in [4.69, 9.17) is 0 Å². The van der Waals surface area contributed by atoms with Crippen molar-refractivity contribution in [3.05, 3.63) is 28.4 Å². The number of aromatic amines is 1. The van der Waals surface area contributed by atoms with Gasteiger partial charge in [0.2, 0.25) is 0 Å². The van der Waals surface area contributed by atoms with Gasteiger partial charge in [-0.2, -0.15) is 5.10 Å². The van der Waals surface area contributed by atoms with E-state index in [1.807, 2.05) is 18.2 Å². The molecular formula is C14H14BrN3O3. The number of fused-ring (bicyclic) bond motifs is 1. The molecule has 1 fully saturated rings. The average molecular weight is 352 g/mol. The molecule has 1 aromatic heterocycles. The maximum absolute atomic E-state index is 12.7. The highest BCUT2D eigenvalue weighted by molar-refractivity contribution is 9.10. The Bertz CT molecular complexity index is 713. The standard InChI is InChI=1S/C14H14BrN3O3/c15-8-4-5-10-9(7-8)12(17-16-10)13(19)18-6-2-1-3-11(18)14(20)21/h4-5,7,11H,1-3,6H2,(H,16,17)(H,20,21). The highest BCUT2D eigenvalue weighted by Gasteiger charge is 2.34. The summed E-state index contributed by atoms with van der Waals surface area (Å²) in [7, 11) is 0. The Morgan fingerprint density at radius 3 is 2.95 bits per heavy atom. The lowest BCUT2D eigenvalue weighted by atomic mass is 10.0. The van der Waals surface area contributed by atoms with Crippen LogP contribution in [0.2, 0.25) is 0 Å². The Kier molecular flexibility index (Phi) is 3.67. The normalized spacial score (nSPS) is 18.9. The fraction of sp³-hybridized carbons (Fsp3) is 0.357. The molecule has 1 atom stereocenters. The third-order valence-electron chi connectivity index (χ3n) is 3.78. The van der Waals surface area contributed by atoms with E-state index in [1.165, 1.54) is 4.90 Å². The van der Waals surface area contributed by atoms with Gasteiger partial charge in [-0.25, -0.2) is 4.79 Å². The van der Waals surface area contributed by atoms with Gasteiger partial charge in [0.25, 0.3) is 5.91 Å². The number of halogens is 1. The van der Waals surface area contributed by atoms with Crippen molar-refractivity contribution < 1.29 is 14.7 Å². The average Bonchev–Trinajstić information content (AvgIpc) is 2.89. The van der Waals surface area contributed by atoms with Crippen LogP contribution in [-0.2, 0) is 4.79 Å². The molecular weight excluding hydrogens is 338 g/mol. The van der Waals surface area contributed by atoms with E-state index in [1.54, 1.807) is 0 Å². The minimum absolute atomic E-state index is 0.277. The fourth-order valence-electron chi connectivity index (χ4n) is 2.72. The zero-order valence-corrected chi connectivity index (χ0v) is 12.8. The van der Waals surface area contributed by atoms with E-state index >= 15 is 0 Å². The van der Waals surface area contributed by atoms with Gasteiger partial charge in [0.05, 0.1) is 5.52 Å². The van der Waals surface area contributed by atoms with Crippen LogP contribution in [-0.4, -0.2) is 44.7 Å². The lowest BCUT2D eigenvalue weighted by Gasteiger charge is -2.32. The monoisotopic (exact) mass is 351 g/mol. The van der Waals surface area contributed by atoms with Gasteiger partial charge in [0, 0.05) is 16.4 Å². The summed E-state index contributed by atoms with van der Waals surface area (Å²) < 4.78 is 0.846. The molecule has 7 heteroatoms. The molecule has 6 nitrogen and oxygen atoms in total. The zero-order valence-electron chi connectivity index (χ0n) is 11.2. The molecule has 0 bridgehead atoms. The van der Waals surface area contributed by atoms with Gasteiger partial charge in [-0.15, -0.1) is 0 Å². The van der Waals surface area contributed by atoms with Crippen molar-refractivity contribution >= 4 is 38.7 Å². The molecule has 110 valence electrons. The summed E-state index contributed by atoms with van der Waals surface area (Å²) in [4.78, 5) is 25.4. The number of amides is 1. The third kappa shape index (κ3) is 2.53. The lowest BCUT2D eigenvalue weighted by Crippen LogP contribution is -2.48. The van der Waals surface area contributed by atoms with Gasteiger partial charge >= 0.3 is 5.97 Å². The Balaban J connectivity index is 1.99. The van der Waals surface area contributed by atoms with E-state index < -0.39 is 12.0 Å². The van der Waals surface area contributed by atoms with Gasteiger partial charge in [-0.3, -0.25) is 9.89 Å². The minimum Gasteiger partial charge on any atom is -0.480 e. The highest BCUT2D eigenvalue weighted by Crippen LogP contribution is 2.25. The van der Waals surface area contributed by atoms with Crippen molar-refractivity contribution in [1.29, 1.82) is 0 Å². The zero-order chi connectivity index (χ0) is 15.0. The number of aromatic nitrogens is 2. The maximum atomic E-state index is 12.7. The number of carboxylic acids is 1. The molecule has 2 aromatic rings. The molecule has 0 spiro atoms. The molecule has 1 aliphatic heterocycles. The van der Waals surface area contributed by atoms with Crippen molar-refractivity contribution in [3.63, 3.8) is 0 Å². The molecule has 21 heavy (non-hydrogen) atoms. The predicted molar refractivity (Wildman–Crippen MR) is 80.1 cm³/mol. The summed E-state index contributed by atoms with van der Waals surface area (Å²) in [5.41, 5.74) is 1.03. The Morgan fingerprint density at radius 2 is 2.19 bits per heavy atom. The number of hydrogen-bond donors (Lipinski definition) is 2. The van der Waals surface area contributed by atoms with Crippen LogP contribution in [0.4, 0.5) is 0 Å². The maximum Gasteiger partial charge on any atom is 0.326 e. The third-order valence-corrected chi connectivity index (χ3v) is 4.27. The number of rotatable bonds is 2. The first-order valence-corrected chi connectivity index (χ1v) is 7.54. The molecule has 3 rings (SSSR count). The van der Waals surface area contributed by atoms with Crippen molar-refractivity contribution in [3.8, 4) is 0 Å². The van der Waals surface area contributed by atoms with Crippen molar-refractivity contribution in [2.24, 2.45) is 0 Å². The van der Waals surface area contributed by atoms with Crippen LogP contribution in [0.1, 0.15) is 29.8 Å². The molecule has 1 amide bonds. The number of likely N-dealkylation sites (tertiary alicyclic amines) is 1. The number of hydrogen-bond acceptors (Lipinski definition) is 3. The number of carbonyl (C=O) groups is 2. The Labute approximate surface area is 129 Å². The van der Waals surface area contributed by atoms with Gasteiger partial charge in [0.1, 0.15) is 6.04 Å². The second kappa shape index (κ2) is 5.48. The van der Waals surface area contributed by atoms with Crippen LogP contribution in [0.3, 0.4) is 0 Å². The van der Waals surface area contributed by atoms with Crippen molar-refractivity contribution in [2.45, 2.75) is 25.3 Å². The van der Waals surface area contributed by atoms with Crippen LogP contribution < -0.4 is 0 Å². The van der Waals surface area contributed by atoms with Crippen molar-refractivity contribution in [1.82, 2.24) is 15.1 Å². The predicted octanol–water partition coefficient (Wildman–Crippen LogP) is 2.40. The van der Waals surface area contributed by atoms with Crippen LogP contribution in [0.25, 0.3) is 10.9 Å². The number of H-pyrrole nitrogens is 1. The number of nitrogens with zero attached hydrogens (tertiary/aromatic N) is 2. The number of aliphatic carboxylic acids is 1. The first-order valence-electron chi connectivity index (χ1n) is 6.75. The van der Waals surface area contributed by atoms with E-state index in [0.29, 0.717) is 18.4 Å². The number of carboxylic acid groups (broad SMARTS) is 1. The topological polar surface area (TPSA) is 86.3 Å². The molecule has 0 radical (unpaired) electrons. The van der Waals surface area contributed by atoms with E-state index in [-0.39, 0.29) is 11.6 Å². The lowest BCUT2D eigenvalue weighted by molar-refractivity contribution is -0.143. The summed E-state index contributed by atoms with van der Waals surface area (Å²) in [5, 5.41) is 16.9. The van der Waals surface area contributed by atoms with Crippen LogP contribution in [0, 0.1) is 0 Å². The second-order valence-electron chi connectivity index (χ2n) is 5.11. The summed E-state index contributed by atoms with van der Waals surface area (Å²) in [5.74, 6) is -1.28. The number of nitrogens with one attached hydrogen (secondary N) is 1. The number of piperidine rings is 1. The molecule has 2 N–H and O–H groups in total. The SMILES string of the molecule is O=C(O)C1CCCCN1C(=O)c1n[nH]c2ccc(Br)cc12. The van der Waals surface area contributed by atoms with Crippen LogP contribution in [0.15, 0.2) is 22.7 Å². The molecule has 1 aliphatic rings. The van der Waals surface area contributed by atoms with Gasteiger partial charge in [0.15, 0.2) is 5.69 Å². The summed E-state index contributed by atoms with van der Waals surface area (Å²) >= 11 is 3.37.